The van der Waals surface area contributed by atoms with Gasteiger partial charge in [0.15, 0.2) is 0 Å². The molecular weight excluding hydrogens is 133 g/mol. The van der Waals surface area contributed by atoms with Crippen LogP contribution >= 0.6 is 0 Å². The van der Waals surface area contributed by atoms with Crippen molar-refractivity contribution in [3.05, 3.63) is 23.5 Å². The van der Waals surface area contributed by atoms with Crippen molar-refractivity contribution in [1.29, 1.82) is 0 Å². The van der Waals surface area contributed by atoms with Crippen LogP contribution in [0.4, 0.5) is 0 Å². The van der Waals surface area contributed by atoms with Crippen LogP contribution in [0, 0.1) is 6.92 Å². The Morgan fingerprint density at radius 2 is 2.00 bits per heavy atom. The molecule has 11 heavy (non-hydrogen) atoms. The van der Waals surface area contributed by atoms with E-state index in [4.69, 9.17) is 7.85 Å². The molecule has 0 fully saturated rings. The highest BCUT2D eigenvalue weighted by Gasteiger charge is 2.00. The third-order valence-electron chi connectivity index (χ3n) is 1.74. The Bertz CT molecular complexity index is 256. The second-order valence-electron chi connectivity index (χ2n) is 3.07. The summed E-state index contributed by atoms with van der Waals surface area (Å²) >= 11 is 0. The number of aromatic nitrogens is 1. The molecule has 2 heteroatoms. The Balaban J connectivity index is 3.05. The van der Waals surface area contributed by atoms with Crippen molar-refractivity contribution in [3.8, 4) is 0 Å². The lowest BCUT2D eigenvalue weighted by atomic mass is 9.93. The molecule has 0 amide bonds. The van der Waals surface area contributed by atoms with Crippen LogP contribution in [0.15, 0.2) is 12.1 Å². The summed E-state index contributed by atoms with van der Waals surface area (Å²) in [6, 6.07) is 3.89. The van der Waals surface area contributed by atoms with E-state index < -0.39 is 0 Å². The van der Waals surface area contributed by atoms with Crippen LogP contribution in [0.3, 0.4) is 0 Å². The van der Waals surface area contributed by atoms with E-state index in [0.29, 0.717) is 5.92 Å². The summed E-state index contributed by atoms with van der Waals surface area (Å²) in [5.41, 5.74) is 2.81. The maximum Gasteiger partial charge on any atom is 0.116 e. The first-order valence-corrected chi connectivity index (χ1v) is 3.84. The van der Waals surface area contributed by atoms with E-state index in [-0.39, 0.29) is 0 Å². The van der Waals surface area contributed by atoms with E-state index in [1.807, 2.05) is 19.1 Å². The van der Waals surface area contributed by atoms with Gasteiger partial charge in [0.25, 0.3) is 0 Å². The van der Waals surface area contributed by atoms with Crippen LogP contribution in [0.25, 0.3) is 0 Å². The average molecular weight is 145 g/mol. The highest BCUT2D eigenvalue weighted by Crippen LogP contribution is 2.09. The molecule has 0 bridgehead atoms. The van der Waals surface area contributed by atoms with Crippen molar-refractivity contribution in [2.45, 2.75) is 26.7 Å². The summed E-state index contributed by atoms with van der Waals surface area (Å²) in [6.45, 7) is 6.18. The fourth-order valence-electron chi connectivity index (χ4n) is 0.913. The van der Waals surface area contributed by atoms with Gasteiger partial charge < -0.3 is 0 Å². The van der Waals surface area contributed by atoms with Gasteiger partial charge in [-0.05, 0) is 18.9 Å². The van der Waals surface area contributed by atoms with Gasteiger partial charge in [-0.1, -0.05) is 25.4 Å². The number of aryl methyl sites for hydroxylation is 1. The van der Waals surface area contributed by atoms with Crippen molar-refractivity contribution in [3.63, 3.8) is 0 Å². The number of hydrogen-bond acceptors (Lipinski definition) is 1. The first-order chi connectivity index (χ1) is 5.11. The van der Waals surface area contributed by atoms with Crippen molar-refractivity contribution in [2.24, 2.45) is 0 Å². The molecule has 1 heterocycles. The minimum absolute atomic E-state index is 0.481. The minimum atomic E-state index is 0.481. The van der Waals surface area contributed by atoms with Crippen molar-refractivity contribution in [1.82, 2.24) is 4.98 Å². The normalized spacial score (nSPS) is 10.5. The molecule has 1 nitrogen and oxygen atoms in total. The van der Waals surface area contributed by atoms with E-state index >= 15 is 0 Å². The van der Waals surface area contributed by atoms with Gasteiger partial charge in [0.2, 0.25) is 0 Å². The molecule has 0 saturated heterocycles. The first-order valence-electron chi connectivity index (χ1n) is 3.84. The third-order valence-corrected chi connectivity index (χ3v) is 1.74. The lowest BCUT2D eigenvalue weighted by molar-refractivity contribution is 0.817. The molecule has 0 atom stereocenters. The molecule has 0 aliphatic carbocycles. The van der Waals surface area contributed by atoms with Crippen LogP contribution in [0.2, 0.25) is 0 Å². The number of hydrogen-bond donors (Lipinski definition) is 0. The Morgan fingerprint density at radius 3 is 2.45 bits per heavy atom. The zero-order valence-electron chi connectivity index (χ0n) is 7.26. The van der Waals surface area contributed by atoms with Crippen molar-refractivity contribution < 1.29 is 0 Å². The van der Waals surface area contributed by atoms with Crippen LogP contribution in [-0.2, 0) is 0 Å². The van der Waals surface area contributed by atoms with Gasteiger partial charge in [-0.15, -0.1) is 0 Å². The first kappa shape index (κ1) is 8.31. The SMILES string of the molecule is [B]c1ccc(C(C)C)nc1C. The van der Waals surface area contributed by atoms with Crippen molar-refractivity contribution in [2.75, 3.05) is 0 Å². The zero-order chi connectivity index (χ0) is 8.43. The van der Waals surface area contributed by atoms with Crippen LogP contribution in [0.1, 0.15) is 31.2 Å². The molecule has 0 N–H and O–H groups in total. The topological polar surface area (TPSA) is 12.9 Å². The maximum atomic E-state index is 5.63. The van der Waals surface area contributed by atoms with E-state index in [1.54, 1.807) is 0 Å². The van der Waals surface area contributed by atoms with E-state index in [0.717, 1.165) is 16.9 Å². The second kappa shape index (κ2) is 3.08. The van der Waals surface area contributed by atoms with Crippen LogP contribution < -0.4 is 5.46 Å². The standard InChI is InChI=1S/C9H12BN/c1-6(2)9-5-4-8(10)7(3)11-9/h4-6H,1-3H3. The fourth-order valence-corrected chi connectivity index (χ4v) is 0.913. The summed E-state index contributed by atoms with van der Waals surface area (Å²) in [5, 5.41) is 0. The molecule has 0 spiro atoms. The Kier molecular flexibility index (Phi) is 2.33. The largest absolute Gasteiger partial charge is 0.259 e. The molecule has 0 unspecified atom stereocenters. The van der Waals surface area contributed by atoms with Gasteiger partial charge in [0.05, 0.1) is 0 Å². The molecular formula is C9H12BN. The lowest BCUT2D eigenvalue weighted by Crippen LogP contribution is -2.10. The summed E-state index contributed by atoms with van der Waals surface area (Å²) in [6.07, 6.45) is 0. The minimum Gasteiger partial charge on any atom is -0.259 e. The predicted molar refractivity (Wildman–Crippen MR) is 48.5 cm³/mol. The van der Waals surface area contributed by atoms with E-state index in [9.17, 15) is 0 Å². The molecule has 56 valence electrons. The van der Waals surface area contributed by atoms with E-state index in [2.05, 4.69) is 18.8 Å². The smallest absolute Gasteiger partial charge is 0.116 e. The van der Waals surface area contributed by atoms with Gasteiger partial charge in [-0.25, -0.2) is 0 Å². The molecule has 0 aromatic carbocycles. The lowest BCUT2D eigenvalue weighted by Gasteiger charge is -2.06. The summed E-state index contributed by atoms with van der Waals surface area (Å²) < 4.78 is 0. The molecule has 1 aromatic heterocycles. The summed E-state index contributed by atoms with van der Waals surface area (Å²) in [5.74, 6) is 0.481. The van der Waals surface area contributed by atoms with Gasteiger partial charge in [0.1, 0.15) is 7.85 Å². The molecule has 0 saturated carbocycles. The molecule has 1 aromatic rings. The monoisotopic (exact) mass is 145 g/mol. The van der Waals surface area contributed by atoms with Gasteiger partial charge in [-0.3, -0.25) is 4.98 Å². The summed E-state index contributed by atoms with van der Waals surface area (Å²) in [7, 11) is 5.63. The highest BCUT2D eigenvalue weighted by atomic mass is 14.7. The number of rotatable bonds is 1. The Morgan fingerprint density at radius 1 is 1.36 bits per heavy atom. The number of pyridine rings is 1. The quantitative estimate of drug-likeness (QED) is 0.543. The average Bonchev–Trinajstić information content (AvgIpc) is 1.94. The zero-order valence-corrected chi connectivity index (χ0v) is 7.26. The van der Waals surface area contributed by atoms with Gasteiger partial charge >= 0.3 is 0 Å². The Hall–Kier alpha value is -0.785. The molecule has 0 aliphatic heterocycles. The van der Waals surface area contributed by atoms with E-state index in [1.165, 1.54) is 0 Å². The highest BCUT2D eigenvalue weighted by molar-refractivity contribution is 6.32. The van der Waals surface area contributed by atoms with Gasteiger partial charge in [-0.2, -0.15) is 0 Å². The van der Waals surface area contributed by atoms with Crippen molar-refractivity contribution >= 4 is 13.3 Å². The second-order valence-corrected chi connectivity index (χ2v) is 3.07. The maximum absolute atomic E-state index is 5.63. The molecule has 0 aliphatic rings. The number of nitrogens with zero attached hydrogens (tertiary/aromatic N) is 1. The fraction of sp³-hybridized carbons (Fsp3) is 0.444. The van der Waals surface area contributed by atoms with Crippen LogP contribution in [0.5, 0.6) is 0 Å². The predicted octanol–water partition coefficient (Wildman–Crippen LogP) is 1.31. The van der Waals surface area contributed by atoms with Gasteiger partial charge in [0, 0.05) is 11.4 Å². The third kappa shape index (κ3) is 1.82. The molecule has 2 radical (unpaired) electrons. The van der Waals surface area contributed by atoms with Crippen LogP contribution in [-0.4, -0.2) is 12.8 Å². The Labute approximate surface area is 69.3 Å². The molecule has 1 rings (SSSR count). The summed E-state index contributed by atoms with van der Waals surface area (Å²) in [4.78, 5) is 4.35.